The molecule has 3 aliphatic heterocycles. The van der Waals surface area contributed by atoms with E-state index < -0.39 is 9.84 Å². The summed E-state index contributed by atoms with van der Waals surface area (Å²) in [5.74, 6) is 1.47. The number of carbonyl (C=O) groups is 1. The van der Waals surface area contributed by atoms with Gasteiger partial charge in [-0.25, -0.2) is 13.2 Å². The van der Waals surface area contributed by atoms with Crippen molar-refractivity contribution in [3.8, 4) is 11.5 Å². The fourth-order valence-corrected chi connectivity index (χ4v) is 7.24. The van der Waals surface area contributed by atoms with Gasteiger partial charge in [0.05, 0.1) is 23.3 Å². The van der Waals surface area contributed by atoms with Crippen LogP contribution in [-0.2, 0) is 9.84 Å². The fourth-order valence-electron chi connectivity index (χ4n) is 6.15. The van der Waals surface area contributed by atoms with Gasteiger partial charge in [-0.15, -0.1) is 0 Å². The molecule has 4 atom stereocenters. The van der Waals surface area contributed by atoms with E-state index in [4.69, 9.17) is 15.2 Å². The van der Waals surface area contributed by atoms with Crippen molar-refractivity contribution < 1.29 is 22.7 Å². The number of likely N-dealkylation sites (tertiary alicyclic amines) is 1. The van der Waals surface area contributed by atoms with Crippen LogP contribution in [0.2, 0.25) is 0 Å². The lowest BCUT2D eigenvalue weighted by Gasteiger charge is -2.61. The zero-order valence-electron chi connectivity index (χ0n) is 19.5. The maximum Gasteiger partial charge on any atom is 0.415 e. The first-order valence-corrected chi connectivity index (χ1v) is 13.4. The molecule has 1 amide bonds. The number of amides is 1. The molecule has 1 saturated carbocycles. The predicted octanol–water partition coefficient (Wildman–Crippen LogP) is 2.92. The number of benzene rings is 2. The van der Waals surface area contributed by atoms with Gasteiger partial charge in [-0.3, -0.25) is 0 Å². The zero-order valence-corrected chi connectivity index (χ0v) is 20.3. The van der Waals surface area contributed by atoms with Gasteiger partial charge in [0, 0.05) is 36.8 Å². The monoisotopic (exact) mass is 485 g/mol. The molecule has 3 heterocycles. The smallest absolute Gasteiger partial charge is 0.415 e. The van der Waals surface area contributed by atoms with Crippen LogP contribution in [0.1, 0.15) is 20.3 Å². The molecular weight excluding hydrogens is 454 g/mol. The lowest BCUT2D eigenvalue weighted by atomic mass is 9.54. The highest BCUT2D eigenvalue weighted by Crippen LogP contribution is 2.61. The molecule has 9 heteroatoms. The molecule has 182 valence electrons. The molecule has 6 rings (SSSR count). The Morgan fingerprint density at radius 2 is 1.76 bits per heavy atom. The van der Waals surface area contributed by atoms with Gasteiger partial charge >= 0.3 is 6.09 Å². The molecule has 8 nitrogen and oxygen atoms in total. The van der Waals surface area contributed by atoms with Gasteiger partial charge in [0.25, 0.3) is 0 Å². The number of ether oxygens (including phenoxy) is 2. The molecule has 2 aromatic rings. The van der Waals surface area contributed by atoms with E-state index in [1.165, 1.54) is 24.3 Å². The Hall–Kier alpha value is -2.78. The molecule has 0 spiro atoms. The zero-order chi connectivity index (χ0) is 24.1. The molecule has 34 heavy (non-hydrogen) atoms. The van der Waals surface area contributed by atoms with E-state index in [0.717, 1.165) is 24.4 Å². The van der Waals surface area contributed by atoms with Gasteiger partial charge in [0.2, 0.25) is 0 Å². The summed E-state index contributed by atoms with van der Waals surface area (Å²) in [7, 11) is -3.42. The van der Waals surface area contributed by atoms with Crippen LogP contribution in [0.3, 0.4) is 0 Å². The summed E-state index contributed by atoms with van der Waals surface area (Å²) in [5.41, 5.74) is 6.56. The second-order valence-electron chi connectivity index (χ2n) is 9.61. The third-order valence-corrected chi connectivity index (χ3v) is 9.35. The standard InChI is InChI=1S/C25H31N3O5S/c1-3-32-19-6-4-18(5-7-19)27-15-17-14-25(2)22(27)16-28(23(17)25)24(29)33-20-8-10-21(11-9-20)34(30,31)13-12-26/h4-11,17,22-23H,3,12-16,26H2,1-2H3/t17-,22+,23?,25?/m0/s1. The Morgan fingerprint density at radius 3 is 2.41 bits per heavy atom. The van der Waals surface area contributed by atoms with Crippen LogP contribution >= 0.6 is 0 Å². The summed E-state index contributed by atoms with van der Waals surface area (Å²) >= 11 is 0. The van der Waals surface area contributed by atoms with Gasteiger partial charge in [0.15, 0.2) is 9.84 Å². The van der Waals surface area contributed by atoms with Crippen LogP contribution in [0.15, 0.2) is 53.4 Å². The number of sulfone groups is 1. The predicted molar refractivity (Wildman–Crippen MR) is 129 cm³/mol. The molecule has 4 fully saturated rings. The van der Waals surface area contributed by atoms with Crippen molar-refractivity contribution in [1.82, 2.24) is 4.90 Å². The molecule has 2 aromatic carbocycles. The number of carbonyl (C=O) groups excluding carboxylic acids is 1. The number of fused-ring (bicyclic) bond motifs is 1. The number of nitrogens with zero attached hydrogens (tertiary/aromatic N) is 2. The maximum absolute atomic E-state index is 13.1. The van der Waals surface area contributed by atoms with Gasteiger partial charge in [-0.1, -0.05) is 6.92 Å². The normalized spacial score (nSPS) is 27.3. The Kier molecular flexibility index (Phi) is 5.72. The highest BCUT2D eigenvalue weighted by Gasteiger charge is 2.68. The Balaban J connectivity index is 1.30. The van der Waals surface area contributed by atoms with Gasteiger partial charge < -0.3 is 25.0 Å². The molecule has 1 aliphatic carbocycles. The number of hydrogen-bond acceptors (Lipinski definition) is 7. The van der Waals surface area contributed by atoms with Crippen LogP contribution in [0.5, 0.6) is 11.5 Å². The maximum atomic E-state index is 13.1. The van der Waals surface area contributed by atoms with Crippen molar-refractivity contribution in [3.05, 3.63) is 48.5 Å². The summed E-state index contributed by atoms with van der Waals surface area (Å²) in [6.45, 7) is 6.45. The quantitative estimate of drug-likeness (QED) is 0.643. The molecule has 0 radical (unpaired) electrons. The first-order valence-electron chi connectivity index (χ1n) is 11.8. The van der Waals surface area contributed by atoms with Crippen molar-refractivity contribution in [3.63, 3.8) is 0 Å². The minimum absolute atomic E-state index is 0.0285. The molecular formula is C25H31N3O5S. The van der Waals surface area contributed by atoms with Crippen LogP contribution in [0, 0.1) is 11.3 Å². The first-order chi connectivity index (χ1) is 16.3. The summed E-state index contributed by atoms with van der Waals surface area (Å²) in [5, 5.41) is 0. The summed E-state index contributed by atoms with van der Waals surface area (Å²) in [6.07, 6.45) is 0.724. The second kappa shape index (κ2) is 8.46. The topological polar surface area (TPSA) is 102 Å². The molecule has 4 bridgehead atoms. The first kappa shape index (κ1) is 23.0. The molecule has 4 aliphatic rings. The summed E-state index contributed by atoms with van der Waals surface area (Å²) in [6, 6.07) is 14.5. The highest BCUT2D eigenvalue weighted by molar-refractivity contribution is 7.91. The average Bonchev–Trinajstić information content (AvgIpc) is 2.93. The largest absolute Gasteiger partial charge is 0.494 e. The van der Waals surface area contributed by atoms with Crippen molar-refractivity contribution in [2.45, 2.75) is 37.2 Å². The van der Waals surface area contributed by atoms with E-state index in [1.807, 2.05) is 24.0 Å². The van der Waals surface area contributed by atoms with Crippen LogP contribution in [0.25, 0.3) is 0 Å². The van der Waals surface area contributed by atoms with Crippen LogP contribution < -0.4 is 20.1 Å². The summed E-state index contributed by atoms with van der Waals surface area (Å²) in [4.78, 5) is 17.6. The Morgan fingerprint density at radius 1 is 1.09 bits per heavy atom. The van der Waals surface area contributed by atoms with Crippen LogP contribution in [0.4, 0.5) is 10.5 Å². The van der Waals surface area contributed by atoms with Gasteiger partial charge in [-0.05, 0) is 67.8 Å². The molecule has 3 saturated heterocycles. The van der Waals surface area contributed by atoms with Crippen LogP contribution in [-0.4, -0.2) is 63.5 Å². The molecule has 0 aromatic heterocycles. The number of rotatable bonds is 7. The molecule has 2 N–H and O–H groups in total. The highest BCUT2D eigenvalue weighted by atomic mass is 32.2. The molecule has 2 unspecified atom stereocenters. The third kappa shape index (κ3) is 3.71. The van der Waals surface area contributed by atoms with Gasteiger partial charge in [0.1, 0.15) is 11.5 Å². The minimum atomic E-state index is -3.42. The van der Waals surface area contributed by atoms with Gasteiger partial charge in [-0.2, -0.15) is 0 Å². The Labute approximate surface area is 200 Å². The number of hydrogen-bond donors (Lipinski definition) is 1. The van der Waals surface area contributed by atoms with E-state index in [-0.39, 0.29) is 40.8 Å². The summed E-state index contributed by atoms with van der Waals surface area (Å²) < 4.78 is 35.6. The third-order valence-electron chi connectivity index (χ3n) is 7.59. The van der Waals surface area contributed by atoms with Crippen molar-refractivity contribution in [1.29, 1.82) is 0 Å². The number of nitrogens with two attached hydrogens (primary N) is 1. The SMILES string of the molecule is CCOc1ccc(N2C[C@@H]3CC4(C)C3N(C(=O)Oc3ccc(S(=O)(=O)CCN)cc3)C[C@@H]24)cc1. The lowest BCUT2D eigenvalue weighted by Crippen LogP contribution is -2.68. The van der Waals surface area contributed by atoms with E-state index in [9.17, 15) is 13.2 Å². The van der Waals surface area contributed by atoms with Crippen molar-refractivity contribution >= 4 is 21.6 Å². The van der Waals surface area contributed by atoms with Crippen molar-refractivity contribution in [2.24, 2.45) is 17.1 Å². The average molecular weight is 486 g/mol. The number of anilines is 1. The second-order valence-corrected chi connectivity index (χ2v) is 11.7. The van der Waals surface area contributed by atoms with E-state index in [0.29, 0.717) is 24.8 Å². The Bertz CT molecular complexity index is 1170. The van der Waals surface area contributed by atoms with E-state index in [2.05, 4.69) is 24.0 Å². The minimum Gasteiger partial charge on any atom is -0.494 e. The van der Waals surface area contributed by atoms with E-state index in [1.54, 1.807) is 0 Å². The number of piperidine rings is 2. The van der Waals surface area contributed by atoms with Crippen molar-refractivity contribution in [2.75, 3.05) is 36.9 Å². The fraction of sp³-hybridized carbons (Fsp3) is 0.480. The lowest BCUT2D eigenvalue weighted by molar-refractivity contribution is -0.0295. The van der Waals surface area contributed by atoms with E-state index >= 15 is 0 Å².